The van der Waals surface area contributed by atoms with E-state index in [1.807, 2.05) is 0 Å². The van der Waals surface area contributed by atoms with Gasteiger partial charge in [-0.2, -0.15) is 5.26 Å². The Morgan fingerprint density at radius 2 is 2.33 bits per heavy atom. The van der Waals surface area contributed by atoms with E-state index in [9.17, 15) is 9.18 Å². The Hall–Kier alpha value is -2.09. The van der Waals surface area contributed by atoms with E-state index in [1.165, 1.54) is 19.2 Å². The van der Waals surface area contributed by atoms with Crippen molar-refractivity contribution in [2.24, 2.45) is 0 Å². The second kappa shape index (κ2) is 4.42. The van der Waals surface area contributed by atoms with Crippen LogP contribution in [0.15, 0.2) is 12.1 Å². The first kappa shape index (κ1) is 11.0. The van der Waals surface area contributed by atoms with Crippen molar-refractivity contribution in [2.45, 2.75) is 6.42 Å². The number of nitrogens with two attached hydrogens (primary N) is 1. The molecule has 0 fully saturated rings. The highest BCUT2D eigenvalue weighted by molar-refractivity contribution is 5.73. The van der Waals surface area contributed by atoms with E-state index in [1.54, 1.807) is 6.07 Å². The van der Waals surface area contributed by atoms with Crippen LogP contribution in [0.25, 0.3) is 0 Å². The van der Waals surface area contributed by atoms with Gasteiger partial charge in [0.1, 0.15) is 6.07 Å². The van der Waals surface area contributed by atoms with Gasteiger partial charge in [-0.1, -0.05) is 0 Å². The van der Waals surface area contributed by atoms with Crippen LogP contribution in [0, 0.1) is 17.1 Å². The van der Waals surface area contributed by atoms with Crippen LogP contribution in [0.4, 0.5) is 10.1 Å². The average molecular weight is 208 g/mol. The molecule has 2 N–H and O–H groups in total. The number of methoxy groups -OCH3 is 1. The van der Waals surface area contributed by atoms with Gasteiger partial charge in [-0.25, -0.2) is 4.39 Å². The van der Waals surface area contributed by atoms with Crippen LogP contribution >= 0.6 is 0 Å². The number of nitrogen functional groups attached to an aromatic ring is 1. The van der Waals surface area contributed by atoms with Crippen molar-refractivity contribution >= 4 is 11.7 Å². The summed E-state index contributed by atoms with van der Waals surface area (Å²) >= 11 is 0. The number of anilines is 1. The molecule has 0 radical (unpaired) electrons. The lowest BCUT2D eigenvalue weighted by molar-refractivity contribution is -0.139. The maximum atomic E-state index is 13.1. The van der Waals surface area contributed by atoms with E-state index < -0.39 is 11.8 Å². The number of benzene rings is 1. The molecule has 78 valence electrons. The number of carbonyl (C=O) groups excluding carboxylic acids is 1. The summed E-state index contributed by atoms with van der Waals surface area (Å²) in [7, 11) is 1.25. The number of nitrogens with zero attached hydrogens (tertiary/aromatic N) is 1. The van der Waals surface area contributed by atoms with Crippen LogP contribution < -0.4 is 5.73 Å². The number of esters is 1. The Kier molecular flexibility index (Phi) is 3.24. The normalized spacial score (nSPS) is 9.40. The maximum absolute atomic E-state index is 13.1. The Labute approximate surface area is 86.1 Å². The van der Waals surface area contributed by atoms with Gasteiger partial charge in [-0.15, -0.1) is 0 Å². The van der Waals surface area contributed by atoms with Gasteiger partial charge in [0, 0.05) is 0 Å². The molecule has 0 atom stereocenters. The van der Waals surface area contributed by atoms with Gasteiger partial charge >= 0.3 is 5.97 Å². The van der Waals surface area contributed by atoms with Crippen molar-refractivity contribution in [3.8, 4) is 6.07 Å². The summed E-state index contributed by atoms with van der Waals surface area (Å²) in [6.45, 7) is 0. The first-order valence-corrected chi connectivity index (χ1v) is 4.13. The average Bonchev–Trinajstić information content (AvgIpc) is 2.22. The fourth-order valence-corrected chi connectivity index (χ4v) is 1.13. The molecule has 0 aromatic heterocycles. The molecule has 1 aromatic rings. The van der Waals surface area contributed by atoms with Crippen molar-refractivity contribution in [3.63, 3.8) is 0 Å². The monoisotopic (exact) mass is 208 g/mol. The summed E-state index contributed by atoms with van der Waals surface area (Å²) in [6.07, 6.45) is -0.0321. The minimum Gasteiger partial charge on any atom is -0.469 e. The molecule has 4 nitrogen and oxygen atoms in total. The Morgan fingerprint density at radius 3 is 2.87 bits per heavy atom. The van der Waals surface area contributed by atoms with Crippen molar-refractivity contribution in [2.75, 3.05) is 12.8 Å². The van der Waals surface area contributed by atoms with Crippen LogP contribution in [0.5, 0.6) is 0 Å². The smallest absolute Gasteiger partial charge is 0.309 e. The van der Waals surface area contributed by atoms with Crippen LogP contribution in [-0.4, -0.2) is 13.1 Å². The van der Waals surface area contributed by atoms with Crippen LogP contribution in [0.2, 0.25) is 0 Å². The van der Waals surface area contributed by atoms with Crippen molar-refractivity contribution in [1.29, 1.82) is 5.26 Å². The highest BCUT2D eigenvalue weighted by atomic mass is 19.1. The minimum atomic E-state index is -0.758. The second-order valence-electron chi connectivity index (χ2n) is 2.91. The minimum absolute atomic E-state index is 0.0321. The first-order valence-electron chi connectivity index (χ1n) is 4.13. The molecule has 0 spiro atoms. The second-order valence-corrected chi connectivity index (χ2v) is 2.91. The molecule has 0 saturated heterocycles. The Bertz CT molecular complexity index is 438. The predicted octanol–water partition coefficient (Wildman–Crippen LogP) is 0.995. The molecule has 0 heterocycles. The zero-order valence-electron chi connectivity index (χ0n) is 8.08. The summed E-state index contributed by atoms with van der Waals surface area (Å²) in [5.41, 5.74) is 5.47. The van der Waals surface area contributed by atoms with E-state index in [0.717, 1.165) is 0 Å². The molecule has 5 heteroatoms. The predicted molar refractivity (Wildman–Crippen MR) is 51.2 cm³/mol. The van der Waals surface area contributed by atoms with Gasteiger partial charge in [0.05, 0.1) is 24.8 Å². The molecule has 1 aromatic carbocycles. The van der Waals surface area contributed by atoms with Gasteiger partial charge in [0.25, 0.3) is 0 Å². The number of ether oxygens (including phenoxy) is 1. The maximum Gasteiger partial charge on any atom is 0.309 e. The number of carbonyl (C=O) groups is 1. The van der Waals surface area contributed by atoms with Crippen LogP contribution in [0.1, 0.15) is 11.1 Å². The summed E-state index contributed by atoms with van der Waals surface area (Å²) in [5, 5.41) is 8.60. The molecule has 15 heavy (non-hydrogen) atoms. The lowest BCUT2D eigenvalue weighted by Gasteiger charge is -2.04. The number of hydrogen-bond acceptors (Lipinski definition) is 4. The summed E-state index contributed by atoms with van der Waals surface area (Å²) in [6, 6.07) is 4.25. The van der Waals surface area contributed by atoms with Gasteiger partial charge in [0.15, 0.2) is 5.82 Å². The zero-order valence-corrected chi connectivity index (χ0v) is 8.08. The summed E-state index contributed by atoms with van der Waals surface area (Å²) in [4.78, 5) is 10.9. The molecule has 1 rings (SSSR count). The first-order chi connectivity index (χ1) is 7.08. The molecule has 0 saturated carbocycles. The van der Waals surface area contributed by atoms with Crippen molar-refractivity contribution in [1.82, 2.24) is 0 Å². The fourth-order valence-electron chi connectivity index (χ4n) is 1.13. The third-order valence-corrected chi connectivity index (χ3v) is 1.86. The van der Waals surface area contributed by atoms with Crippen molar-refractivity contribution in [3.05, 3.63) is 29.1 Å². The zero-order chi connectivity index (χ0) is 11.4. The molecule has 0 aliphatic carbocycles. The Balaban J connectivity index is 3.07. The third kappa shape index (κ3) is 2.44. The standard InChI is InChI=1S/C10H9FN2O2/c1-15-9(14)4-6-2-7(5-12)10(11)8(13)3-6/h2-3H,4,13H2,1H3. The van der Waals surface area contributed by atoms with E-state index in [-0.39, 0.29) is 17.7 Å². The highest BCUT2D eigenvalue weighted by Crippen LogP contribution is 2.18. The topological polar surface area (TPSA) is 76.1 Å². The molecule has 0 amide bonds. The van der Waals surface area contributed by atoms with E-state index in [0.29, 0.717) is 5.56 Å². The number of nitriles is 1. The number of rotatable bonds is 2. The molecule has 0 aliphatic rings. The summed E-state index contributed by atoms with van der Waals surface area (Å²) in [5.74, 6) is -1.23. The lowest BCUT2D eigenvalue weighted by Crippen LogP contribution is -2.06. The van der Waals surface area contributed by atoms with Crippen LogP contribution in [0.3, 0.4) is 0 Å². The highest BCUT2D eigenvalue weighted by Gasteiger charge is 2.10. The summed E-state index contributed by atoms with van der Waals surface area (Å²) < 4.78 is 17.6. The third-order valence-electron chi connectivity index (χ3n) is 1.86. The van der Waals surface area contributed by atoms with E-state index >= 15 is 0 Å². The number of halogens is 1. The van der Waals surface area contributed by atoms with Gasteiger partial charge in [0.2, 0.25) is 0 Å². The molecular formula is C10H9FN2O2. The van der Waals surface area contributed by atoms with E-state index in [4.69, 9.17) is 11.0 Å². The largest absolute Gasteiger partial charge is 0.469 e. The molecule has 0 unspecified atom stereocenters. The molecular weight excluding hydrogens is 199 g/mol. The molecule has 0 bridgehead atoms. The van der Waals surface area contributed by atoms with Crippen LogP contribution in [-0.2, 0) is 16.0 Å². The molecule has 0 aliphatic heterocycles. The van der Waals surface area contributed by atoms with E-state index in [2.05, 4.69) is 4.74 Å². The number of hydrogen-bond donors (Lipinski definition) is 1. The van der Waals surface area contributed by atoms with Gasteiger partial charge in [-0.3, -0.25) is 4.79 Å². The van der Waals surface area contributed by atoms with Gasteiger partial charge < -0.3 is 10.5 Å². The van der Waals surface area contributed by atoms with Gasteiger partial charge in [-0.05, 0) is 17.7 Å². The lowest BCUT2D eigenvalue weighted by atomic mass is 10.1. The Morgan fingerprint density at radius 1 is 1.67 bits per heavy atom. The fraction of sp³-hybridized carbons (Fsp3) is 0.200. The SMILES string of the molecule is COC(=O)Cc1cc(N)c(F)c(C#N)c1. The quantitative estimate of drug-likeness (QED) is 0.581. The van der Waals surface area contributed by atoms with Crippen molar-refractivity contribution < 1.29 is 13.9 Å².